The number of oxazole rings is 1. The van der Waals surface area contributed by atoms with Crippen LogP contribution in [0.25, 0.3) is 11.1 Å². The monoisotopic (exact) mass is 216 g/mol. The third-order valence-electron chi connectivity index (χ3n) is 3.22. The van der Waals surface area contributed by atoms with Gasteiger partial charge in [-0.1, -0.05) is 0 Å². The van der Waals surface area contributed by atoms with E-state index in [0.717, 1.165) is 17.0 Å². The van der Waals surface area contributed by atoms with Crippen LogP contribution in [0, 0.1) is 0 Å². The van der Waals surface area contributed by atoms with E-state index in [1.165, 1.54) is 36.8 Å². The molecule has 0 amide bonds. The highest BCUT2D eigenvalue weighted by Crippen LogP contribution is 2.26. The molecule has 0 atom stereocenters. The predicted molar refractivity (Wildman–Crippen MR) is 63.4 cm³/mol. The summed E-state index contributed by atoms with van der Waals surface area (Å²) in [5.74, 6) is 0.778. The van der Waals surface area contributed by atoms with Gasteiger partial charge in [0.15, 0.2) is 5.58 Å². The number of nitrogens with one attached hydrogen (secondary N) is 1. The maximum Gasteiger partial charge on any atom is 0.209 e. The quantitative estimate of drug-likeness (QED) is 0.837. The second-order valence-electron chi connectivity index (χ2n) is 4.43. The smallest absolute Gasteiger partial charge is 0.209 e. The summed E-state index contributed by atoms with van der Waals surface area (Å²) < 4.78 is 5.70. The lowest BCUT2D eigenvalue weighted by molar-refractivity contribution is 0.511. The Hall–Kier alpha value is -1.35. The van der Waals surface area contributed by atoms with Gasteiger partial charge in [-0.05, 0) is 56.0 Å². The highest BCUT2D eigenvalue weighted by atomic mass is 16.3. The zero-order chi connectivity index (χ0) is 11.0. The number of fused-ring (bicyclic) bond motifs is 2. The number of hydrogen-bond acceptors (Lipinski definition) is 3. The summed E-state index contributed by atoms with van der Waals surface area (Å²) in [4.78, 5) is 4.48. The molecule has 1 N–H and O–H groups in total. The van der Waals surface area contributed by atoms with Crippen molar-refractivity contribution < 1.29 is 4.42 Å². The Labute approximate surface area is 94.9 Å². The molecule has 1 aromatic carbocycles. The van der Waals surface area contributed by atoms with Gasteiger partial charge in [0.25, 0.3) is 0 Å². The highest BCUT2D eigenvalue weighted by molar-refractivity contribution is 5.75. The summed E-state index contributed by atoms with van der Waals surface area (Å²) in [5.41, 5.74) is 4.85. The largest absolute Gasteiger partial charge is 0.439 e. The van der Waals surface area contributed by atoms with E-state index in [-0.39, 0.29) is 0 Å². The zero-order valence-corrected chi connectivity index (χ0v) is 9.55. The van der Waals surface area contributed by atoms with Crippen LogP contribution >= 0.6 is 0 Å². The maximum atomic E-state index is 5.70. The second-order valence-corrected chi connectivity index (χ2v) is 4.43. The van der Waals surface area contributed by atoms with Crippen molar-refractivity contribution in [3.8, 4) is 0 Å². The fourth-order valence-electron chi connectivity index (χ4n) is 2.43. The van der Waals surface area contributed by atoms with E-state index >= 15 is 0 Å². The topological polar surface area (TPSA) is 38.1 Å². The van der Waals surface area contributed by atoms with Gasteiger partial charge < -0.3 is 9.73 Å². The Morgan fingerprint density at radius 1 is 1.25 bits per heavy atom. The lowest BCUT2D eigenvalue weighted by Gasteiger charge is -2.14. The van der Waals surface area contributed by atoms with Crippen molar-refractivity contribution in [1.82, 2.24) is 10.3 Å². The molecule has 1 heterocycles. The molecule has 1 aliphatic rings. The summed E-state index contributed by atoms with van der Waals surface area (Å²) in [6.07, 6.45) is 4.99. The minimum Gasteiger partial charge on any atom is -0.439 e. The molecule has 0 spiro atoms. The average Bonchev–Trinajstić information content (AvgIpc) is 2.67. The number of aromatic nitrogens is 1. The first kappa shape index (κ1) is 9.85. The number of rotatable bonds is 2. The van der Waals surface area contributed by atoms with Crippen molar-refractivity contribution in [2.24, 2.45) is 0 Å². The van der Waals surface area contributed by atoms with E-state index in [9.17, 15) is 0 Å². The first-order valence-electron chi connectivity index (χ1n) is 5.92. The highest BCUT2D eigenvalue weighted by Gasteiger charge is 2.13. The Balaban J connectivity index is 2.09. The fraction of sp³-hybridized carbons (Fsp3) is 0.462. The molecule has 1 aromatic heterocycles. The zero-order valence-electron chi connectivity index (χ0n) is 9.55. The van der Waals surface area contributed by atoms with Crippen LogP contribution in [0.4, 0.5) is 0 Å². The Morgan fingerprint density at radius 3 is 2.75 bits per heavy atom. The molecule has 0 unspecified atom stereocenters. The molecule has 3 rings (SSSR count). The van der Waals surface area contributed by atoms with Crippen molar-refractivity contribution in [3.63, 3.8) is 0 Å². The molecule has 0 radical (unpaired) electrons. The van der Waals surface area contributed by atoms with Gasteiger partial charge in [0.1, 0.15) is 5.52 Å². The van der Waals surface area contributed by atoms with Gasteiger partial charge in [0, 0.05) is 0 Å². The van der Waals surface area contributed by atoms with Crippen molar-refractivity contribution in [2.45, 2.75) is 32.2 Å². The number of nitrogens with zero attached hydrogens (tertiary/aromatic N) is 1. The summed E-state index contributed by atoms with van der Waals surface area (Å²) in [7, 11) is 1.90. The first-order valence-corrected chi connectivity index (χ1v) is 5.92. The summed E-state index contributed by atoms with van der Waals surface area (Å²) in [6.45, 7) is 0.694. The van der Waals surface area contributed by atoms with Gasteiger partial charge in [-0.15, -0.1) is 0 Å². The standard InChI is InChI=1S/C13H16N2O/c1-14-8-13-15-11-6-9-4-2-3-5-10(9)7-12(11)16-13/h6-7,14H,2-5,8H2,1H3. The van der Waals surface area contributed by atoms with Gasteiger partial charge in [-0.2, -0.15) is 0 Å². The van der Waals surface area contributed by atoms with Crippen LogP contribution in [0.2, 0.25) is 0 Å². The molecule has 3 nitrogen and oxygen atoms in total. The van der Waals surface area contributed by atoms with Gasteiger partial charge in [0.05, 0.1) is 6.54 Å². The molecular weight excluding hydrogens is 200 g/mol. The van der Waals surface area contributed by atoms with Crippen LogP contribution in [-0.4, -0.2) is 12.0 Å². The third-order valence-corrected chi connectivity index (χ3v) is 3.22. The van der Waals surface area contributed by atoms with Gasteiger partial charge in [-0.3, -0.25) is 0 Å². The van der Waals surface area contributed by atoms with Crippen LogP contribution in [0.5, 0.6) is 0 Å². The molecule has 0 saturated carbocycles. The van der Waals surface area contributed by atoms with E-state index in [1.54, 1.807) is 0 Å². The molecule has 1 aliphatic carbocycles. The van der Waals surface area contributed by atoms with Gasteiger partial charge >= 0.3 is 0 Å². The summed E-state index contributed by atoms with van der Waals surface area (Å²) in [5, 5.41) is 3.06. The van der Waals surface area contributed by atoms with Crippen molar-refractivity contribution >= 4 is 11.1 Å². The Kier molecular flexibility index (Phi) is 2.40. The predicted octanol–water partition coefficient (Wildman–Crippen LogP) is 2.43. The van der Waals surface area contributed by atoms with Crippen molar-refractivity contribution in [1.29, 1.82) is 0 Å². The van der Waals surface area contributed by atoms with Crippen LogP contribution in [-0.2, 0) is 19.4 Å². The average molecular weight is 216 g/mol. The van der Waals surface area contributed by atoms with Crippen LogP contribution in [0.3, 0.4) is 0 Å². The molecule has 2 aromatic rings. The first-order chi connectivity index (χ1) is 7.86. The van der Waals surface area contributed by atoms with Crippen LogP contribution in [0.1, 0.15) is 29.9 Å². The Morgan fingerprint density at radius 2 is 2.00 bits per heavy atom. The molecule has 0 fully saturated rings. The normalized spacial score (nSPS) is 15.3. The number of hydrogen-bond donors (Lipinski definition) is 1. The maximum absolute atomic E-state index is 5.70. The minimum absolute atomic E-state index is 0.694. The third kappa shape index (κ3) is 1.61. The lowest BCUT2D eigenvalue weighted by atomic mass is 9.91. The number of benzene rings is 1. The SMILES string of the molecule is CNCc1nc2cc3c(cc2o1)CCCC3. The summed E-state index contributed by atoms with van der Waals surface area (Å²) >= 11 is 0. The fourth-order valence-corrected chi connectivity index (χ4v) is 2.43. The molecule has 0 aliphatic heterocycles. The van der Waals surface area contributed by atoms with Gasteiger partial charge in [0.2, 0.25) is 5.89 Å². The number of aryl methyl sites for hydroxylation is 2. The summed E-state index contributed by atoms with van der Waals surface area (Å²) in [6, 6.07) is 4.38. The molecule has 16 heavy (non-hydrogen) atoms. The van der Waals surface area contributed by atoms with E-state index in [0.29, 0.717) is 6.54 Å². The molecule has 0 bridgehead atoms. The minimum atomic E-state index is 0.694. The van der Waals surface area contributed by atoms with Crippen molar-refractivity contribution in [2.75, 3.05) is 7.05 Å². The van der Waals surface area contributed by atoms with Crippen LogP contribution in [0.15, 0.2) is 16.5 Å². The van der Waals surface area contributed by atoms with Gasteiger partial charge in [-0.25, -0.2) is 4.98 Å². The molecule has 84 valence electrons. The van der Waals surface area contributed by atoms with E-state index < -0.39 is 0 Å². The van der Waals surface area contributed by atoms with E-state index in [1.807, 2.05) is 7.05 Å². The molecule has 3 heteroatoms. The van der Waals surface area contributed by atoms with Crippen LogP contribution < -0.4 is 5.32 Å². The Bertz CT molecular complexity index is 473. The van der Waals surface area contributed by atoms with Crippen molar-refractivity contribution in [3.05, 3.63) is 29.2 Å². The lowest BCUT2D eigenvalue weighted by Crippen LogP contribution is -2.04. The molecule has 0 saturated heterocycles. The van der Waals surface area contributed by atoms with E-state index in [2.05, 4.69) is 22.4 Å². The molecular formula is C13H16N2O. The van der Waals surface area contributed by atoms with E-state index in [4.69, 9.17) is 4.42 Å². The second kappa shape index (κ2) is 3.91.